The summed E-state index contributed by atoms with van der Waals surface area (Å²) in [6, 6.07) is 7.03. The fraction of sp³-hybridized carbons (Fsp3) is 0.389. The van der Waals surface area contributed by atoms with Gasteiger partial charge in [0.1, 0.15) is 0 Å². The Kier molecular flexibility index (Phi) is 5.93. The predicted octanol–water partition coefficient (Wildman–Crippen LogP) is 1.15. The van der Waals surface area contributed by atoms with Gasteiger partial charge in [0.25, 0.3) is 0 Å². The second-order valence-corrected chi connectivity index (χ2v) is 6.09. The molecule has 3 N–H and O–H groups in total. The van der Waals surface area contributed by atoms with E-state index in [9.17, 15) is 14.4 Å². The number of nitrogens with one attached hydrogen (secondary N) is 1. The first-order chi connectivity index (χ1) is 11.8. The van der Waals surface area contributed by atoms with Gasteiger partial charge >= 0.3 is 5.97 Å². The molecule has 7 heteroatoms. The minimum absolute atomic E-state index is 0.00180. The van der Waals surface area contributed by atoms with Gasteiger partial charge in [-0.1, -0.05) is 12.1 Å². The van der Waals surface area contributed by atoms with E-state index in [4.69, 9.17) is 5.73 Å². The van der Waals surface area contributed by atoms with Crippen molar-refractivity contribution in [3.8, 4) is 0 Å². The largest absolute Gasteiger partial charge is 0.466 e. The van der Waals surface area contributed by atoms with Crippen LogP contribution in [-0.4, -0.2) is 48.4 Å². The van der Waals surface area contributed by atoms with Gasteiger partial charge in [0.05, 0.1) is 12.6 Å². The van der Waals surface area contributed by atoms with Crippen LogP contribution in [-0.2, 0) is 19.1 Å². The van der Waals surface area contributed by atoms with Gasteiger partial charge in [-0.05, 0) is 36.6 Å². The van der Waals surface area contributed by atoms with E-state index in [1.165, 1.54) is 20.1 Å². The number of hydrogen-bond acceptors (Lipinski definition) is 5. The first-order valence-electron chi connectivity index (χ1n) is 8.06. The number of likely N-dealkylation sites (tertiary alicyclic amines) is 1. The van der Waals surface area contributed by atoms with E-state index in [0.717, 1.165) is 5.56 Å². The number of benzene rings is 1. The molecular weight excluding hydrogens is 322 g/mol. The van der Waals surface area contributed by atoms with E-state index in [1.807, 2.05) is 0 Å². The Morgan fingerprint density at radius 1 is 1.20 bits per heavy atom. The van der Waals surface area contributed by atoms with E-state index in [1.54, 1.807) is 35.2 Å². The molecule has 0 saturated carbocycles. The number of nitrogens with two attached hydrogens (primary N) is 1. The average Bonchev–Trinajstić information content (AvgIpc) is 2.61. The molecule has 0 aromatic heterocycles. The predicted molar refractivity (Wildman–Crippen MR) is 94.5 cm³/mol. The summed E-state index contributed by atoms with van der Waals surface area (Å²) < 4.78 is 4.53. The maximum atomic E-state index is 12.5. The molecule has 0 spiro atoms. The molecule has 0 aliphatic carbocycles. The van der Waals surface area contributed by atoms with Crippen molar-refractivity contribution in [2.75, 3.05) is 25.5 Å². The Labute approximate surface area is 146 Å². The lowest BCUT2D eigenvalue weighted by Crippen LogP contribution is -2.58. The minimum Gasteiger partial charge on any atom is -0.466 e. The smallest absolute Gasteiger partial charge is 0.330 e. The monoisotopic (exact) mass is 345 g/mol. The van der Waals surface area contributed by atoms with Crippen molar-refractivity contribution in [3.63, 3.8) is 0 Å². The summed E-state index contributed by atoms with van der Waals surface area (Å²) in [4.78, 5) is 36.6. The van der Waals surface area contributed by atoms with E-state index < -0.39 is 11.5 Å². The normalized spacial score (nSPS) is 16.5. The fourth-order valence-corrected chi connectivity index (χ4v) is 2.61. The molecule has 1 fully saturated rings. The van der Waals surface area contributed by atoms with E-state index in [-0.39, 0.29) is 11.8 Å². The van der Waals surface area contributed by atoms with Gasteiger partial charge in [-0.3, -0.25) is 9.59 Å². The molecule has 7 nitrogen and oxygen atoms in total. The average molecular weight is 345 g/mol. The van der Waals surface area contributed by atoms with Crippen molar-refractivity contribution in [2.45, 2.75) is 25.3 Å². The zero-order chi connectivity index (χ0) is 18.4. The topological polar surface area (TPSA) is 102 Å². The number of esters is 1. The number of nitrogens with zero attached hydrogens (tertiary/aromatic N) is 1. The number of anilines is 1. The summed E-state index contributed by atoms with van der Waals surface area (Å²) >= 11 is 0. The fourth-order valence-electron chi connectivity index (χ4n) is 2.61. The number of ether oxygens (including phenoxy) is 1. The van der Waals surface area contributed by atoms with Crippen molar-refractivity contribution >= 4 is 29.5 Å². The van der Waals surface area contributed by atoms with Crippen molar-refractivity contribution in [1.29, 1.82) is 0 Å². The molecule has 134 valence electrons. The van der Waals surface area contributed by atoms with Gasteiger partial charge in [0, 0.05) is 31.8 Å². The molecule has 1 saturated heterocycles. The highest BCUT2D eigenvalue weighted by Crippen LogP contribution is 2.22. The molecule has 1 aliphatic heterocycles. The number of carbonyl (C=O) groups is 3. The molecule has 25 heavy (non-hydrogen) atoms. The summed E-state index contributed by atoms with van der Waals surface area (Å²) in [7, 11) is 1.31. The third kappa shape index (κ3) is 4.90. The van der Waals surface area contributed by atoms with Crippen LogP contribution in [0.3, 0.4) is 0 Å². The Balaban J connectivity index is 1.95. The first kappa shape index (κ1) is 18.7. The third-order valence-electron chi connectivity index (χ3n) is 4.33. The maximum Gasteiger partial charge on any atom is 0.330 e. The highest BCUT2D eigenvalue weighted by atomic mass is 16.5. The molecule has 0 bridgehead atoms. The van der Waals surface area contributed by atoms with Crippen LogP contribution in [0.2, 0.25) is 0 Å². The summed E-state index contributed by atoms with van der Waals surface area (Å²) in [5, 5.41) is 2.82. The lowest BCUT2D eigenvalue weighted by atomic mass is 9.87. The quantitative estimate of drug-likeness (QED) is 0.630. The molecule has 0 radical (unpaired) electrons. The zero-order valence-corrected chi connectivity index (χ0v) is 14.5. The van der Waals surface area contributed by atoms with E-state index >= 15 is 0 Å². The van der Waals surface area contributed by atoms with Crippen LogP contribution >= 0.6 is 0 Å². The first-order valence-corrected chi connectivity index (χ1v) is 8.06. The Morgan fingerprint density at radius 2 is 1.80 bits per heavy atom. The molecule has 0 unspecified atom stereocenters. The van der Waals surface area contributed by atoms with Crippen molar-refractivity contribution in [3.05, 3.63) is 35.9 Å². The second kappa shape index (κ2) is 7.94. The number of rotatable bonds is 4. The van der Waals surface area contributed by atoms with Crippen LogP contribution in [0.15, 0.2) is 30.3 Å². The molecule has 1 aromatic rings. The summed E-state index contributed by atoms with van der Waals surface area (Å²) in [5.41, 5.74) is 6.68. The number of carbonyl (C=O) groups excluding carboxylic acids is 3. The van der Waals surface area contributed by atoms with Crippen LogP contribution < -0.4 is 11.1 Å². The Morgan fingerprint density at radius 3 is 2.32 bits per heavy atom. The van der Waals surface area contributed by atoms with Gasteiger partial charge in [-0.2, -0.15) is 0 Å². The molecule has 1 aliphatic rings. The Hall–Kier alpha value is -2.67. The van der Waals surface area contributed by atoms with Gasteiger partial charge in [0.15, 0.2) is 0 Å². The summed E-state index contributed by atoms with van der Waals surface area (Å²) in [6.45, 7) is 2.48. The zero-order valence-electron chi connectivity index (χ0n) is 14.5. The van der Waals surface area contributed by atoms with Crippen LogP contribution in [0.1, 0.15) is 25.3 Å². The third-order valence-corrected chi connectivity index (χ3v) is 4.33. The molecule has 1 heterocycles. The van der Waals surface area contributed by atoms with Crippen LogP contribution in [0.4, 0.5) is 5.69 Å². The molecule has 2 rings (SSSR count). The molecule has 2 amide bonds. The van der Waals surface area contributed by atoms with Gasteiger partial charge in [-0.25, -0.2) is 4.79 Å². The summed E-state index contributed by atoms with van der Waals surface area (Å²) in [6.07, 6.45) is 3.81. The Bertz CT molecular complexity index is 674. The number of methoxy groups -OCH3 is 1. The number of amides is 2. The van der Waals surface area contributed by atoms with Crippen LogP contribution in [0.25, 0.3) is 6.08 Å². The van der Waals surface area contributed by atoms with Crippen LogP contribution in [0, 0.1) is 0 Å². The van der Waals surface area contributed by atoms with Gasteiger partial charge < -0.3 is 20.7 Å². The molecule has 1 aromatic carbocycles. The maximum absolute atomic E-state index is 12.5. The lowest BCUT2D eigenvalue weighted by molar-refractivity contribution is -0.134. The standard InChI is InChI=1S/C18H23N3O4/c1-13(22)21-11-9-18(19,10-12-21)17(24)20-15-6-3-14(4-7-15)5-8-16(23)25-2/h3-8H,9-12,19H2,1-2H3,(H,20,24)/b8-5+. The highest BCUT2D eigenvalue weighted by Gasteiger charge is 2.38. The van der Waals surface area contributed by atoms with Gasteiger partial charge in [-0.15, -0.1) is 0 Å². The lowest BCUT2D eigenvalue weighted by Gasteiger charge is -2.37. The number of piperidine rings is 1. The van der Waals surface area contributed by atoms with Gasteiger partial charge in [0.2, 0.25) is 11.8 Å². The minimum atomic E-state index is -0.977. The van der Waals surface area contributed by atoms with Crippen molar-refractivity contribution in [2.24, 2.45) is 5.73 Å². The van der Waals surface area contributed by atoms with Crippen molar-refractivity contribution in [1.82, 2.24) is 4.90 Å². The number of hydrogen-bond donors (Lipinski definition) is 2. The van der Waals surface area contributed by atoms with Crippen molar-refractivity contribution < 1.29 is 19.1 Å². The summed E-state index contributed by atoms with van der Waals surface area (Å²) in [5.74, 6) is -0.689. The highest BCUT2D eigenvalue weighted by molar-refractivity contribution is 5.98. The molecule has 0 atom stereocenters. The van der Waals surface area contributed by atoms with E-state index in [0.29, 0.717) is 31.6 Å². The SMILES string of the molecule is COC(=O)/C=C/c1ccc(NC(=O)C2(N)CCN(C(C)=O)CC2)cc1. The second-order valence-electron chi connectivity index (χ2n) is 6.09. The molecular formula is C18H23N3O4. The van der Waals surface area contributed by atoms with Crippen LogP contribution in [0.5, 0.6) is 0 Å². The van der Waals surface area contributed by atoms with E-state index in [2.05, 4.69) is 10.1 Å².